The zero-order valence-corrected chi connectivity index (χ0v) is 12.2. The molecule has 0 aliphatic heterocycles. The summed E-state index contributed by atoms with van der Waals surface area (Å²) in [5, 5.41) is 0.610. The Morgan fingerprint density at radius 2 is 1.86 bits per heavy atom. The molecule has 0 bridgehead atoms. The minimum absolute atomic E-state index is 0.0876. The highest BCUT2D eigenvalue weighted by Crippen LogP contribution is 2.24. The van der Waals surface area contributed by atoms with Gasteiger partial charge >= 0.3 is 5.76 Å². The topological polar surface area (TPSA) is 35.1 Å². The second-order valence-corrected chi connectivity index (χ2v) is 5.30. The monoisotopic (exact) mass is 299 g/mol. The molecule has 3 nitrogen and oxygen atoms in total. The number of benzene rings is 2. The first-order chi connectivity index (χ1) is 10.1. The van der Waals surface area contributed by atoms with Crippen molar-refractivity contribution < 1.29 is 4.42 Å². The van der Waals surface area contributed by atoms with E-state index < -0.39 is 0 Å². The van der Waals surface area contributed by atoms with Crippen molar-refractivity contribution in [3.8, 4) is 11.3 Å². The predicted octanol–water partition coefficient (Wildman–Crippen LogP) is 4.37. The third kappa shape index (κ3) is 2.78. The minimum Gasteiger partial charge on any atom is -0.408 e. The second kappa shape index (κ2) is 5.62. The summed E-state index contributed by atoms with van der Waals surface area (Å²) in [5.74, 6) is 0.145. The van der Waals surface area contributed by atoms with Crippen molar-refractivity contribution in [3.05, 3.63) is 81.9 Å². The van der Waals surface area contributed by atoms with Crippen molar-refractivity contribution in [2.75, 3.05) is 0 Å². The molecule has 1 unspecified atom stereocenters. The van der Waals surface area contributed by atoms with E-state index in [0.29, 0.717) is 10.8 Å². The molecule has 0 fully saturated rings. The molecule has 21 heavy (non-hydrogen) atoms. The number of aromatic nitrogens is 1. The van der Waals surface area contributed by atoms with Crippen LogP contribution in [-0.2, 0) is 0 Å². The number of oxazole rings is 1. The van der Waals surface area contributed by atoms with E-state index in [4.69, 9.17) is 16.0 Å². The average Bonchev–Trinajstić information content (AvgIpc) is 2.89. The van der Waals surface area contributed by atoms with Crippen LogP contribution in [0.25, 0.3) is 11.3 Å². The Bertz CT molecular complexity index is 805. The van der Waals surface area contributed by atoms with Crippen LogP contribution >= 0.6 is 11.6 Å². The first kappa shape index (κ1) is 13.7. The van der Waals surface area contributed by atoms with Crippen LogP contribution in [0.5, 0.6) is 0 Å². The van der Waals surface area contributed by atoms with Crippen molar-refractivity contribution in [2.24, 2.45) is 0 Å². The van der Waals surface area contributed by atoms with Crippen LogP contribution in [0.2, 0.25) is 5.02 Å². The smallest absolute Gasteiger partial charge is 0.408 e. The molecule has 0 aliphatic rings. The summed E-state index contributed by atoms with van der Waals surface area (Å²) >= 11 is 5.97. The zero-order chi connectivity index (χ0) is 14.8. The molecule has 0 amide bonds. The predicted molar refractivity (Wildman–Crippen MR) is 83.7 cm³/mol. The number of halogens is 1. The van der Waals surface area contributed by atoms with Crippen molar-refractivity contribution in [3.63, 3.8) is 0 Å². The van der Waals surface area contributed by atoms with E-state index in [0.717, 1.165) is 11.1 Å². The molecular formula is C17H14ClNO2. The SMILES string of the molecule is CC(c1ccccc1)n1cc(-c2cccc(Cl)c2)oc1=O. The van der Waals surface area contributed by atoms with E-state index in [1.807, 2.05) is 49.4 Å². The zero-order valence-electron chi connectivity index (χ0n) is 11.5. The molecule has 0 spiro atoms. The van der Waals surface area contributed by atoms with Crippen molar-refractivity contribution in [2.45, 2.75) is 13.0 Å². The molecule has 1 heterocycles. The van der Waals surface area contributed by atoms with E-state index >= 15 is 0 Å². The lowest BCUT2D eigenvalue weighted by molar-refractivity contribution is 0.473. The molecule has 3 aromatic rings. The van der Waals surface area contributed by atoms with Gasteiger partial charge < -0.3 is 4.42 Å². The number of hydrogen-bond acceptors (Lipinski definition) is 2. The van der Waals surface area contributed by atoms with Crippen LogP contribution in [0, 0.1) is 0 Å². The van der Waals surface area contributed by atoms with Gasteiger partial charge in [0.1, 0.15) is 0 Å². The van der Waals surface area contributed by atoms with E-state index in [1.54, 1.807) is 22.9 Å². The molecule has 0 N–H and O–H groups in total. The van der Waals surface area contributed by atoms with Gasteiger partial charge in [-0.25, -0.2) is 4.79 Å². The Kier molecular flexibility index (Phi) is 3.67. The third-order valence-corrected chi connectivity index (χ3v) is 3.71. The summed E-state index contributed by atoms with van der Waals surface area (Å²) in [5.41, 5.74) is 1.84. The summed E-state index contributed by atoms with van der Waals surface area (Å²) in [4.78, 5) is 12.1. The van der Waals surface area contributed by atoms with Crippen LogP contribution < -0.4 is 5.76 Å². The molecule has 0 aliphatic carbocycles. The molecule has 0 saturated carbocycles. The molecule has 0 saturated heterocycles. The maximum atomic E-state index is 12.1. The van der Waals surface area contributed by atoms with Crippen LogP contribution in [0.15, 0.2) is 70.0 Å². The lowest BCUT2D eigenvalue weighted by atomic mass is 10.1. The second-order valence-electron chi connectivity index (χ2n) is 4.87. The average molecular weight is 300 g/mol. The summed E-state index contributed by atoms with van der Waals surface area (Å²) in [6.07, 6.45) is 1.73. The Labute approximate surface area is 127 Å². The van der Waals surface area contributed by atoms with Crippen molar-refractivity contribution in [1.29, 1.82) is 0 Å². The van der Waals surface area contributed by atoms with Gasteiger partial charge in [-0.15, -0.1) is 0 Å². The molecule has 0 radical (unpaired) electrons. The van der Waals surface area contributed by atoms with Gasteiger partial charge in [-0.05, 0) is 24.6 Å². The maximum absolute atomic E-state index is 12.1. The van der Waals surface area contributed by atoms with E-state index in [-0.39, 0.29) is 11.8 Å². The van der Waals surface area contributed by atoms with Crippen LogP contribution in [0.3, 0.4) is 0 Å². The van der Waals surface area contributed by atoms with Gasteiger partial charge in [0.25, 0.3) is 0 Å². The van der Waals surface area contributed by atoms with Gasteiger partial charge in [0.2, 0.25) is 0 Å². The van der Waals surface area contributed by atoms with Gasteiger partial charge in [0.15, 0.2) is 5.76 Å². The highest BCUT2D eigenvalue weighted by atomic mass is 35.5. The van der Waals surface area contributed by atoms with Crippen LogP contribution in [0.4, 0.5) is 0 Å². The first-order valence-corrected chi connectivity index (χ1v) is 7.06. The highest BCUT2D eigenvalue weighted by Gasteiger charge is 2.14. The summed E-state index contributed by atoms with van der Waals surface area (Å²) in [6.45, 7) is 1.97. The lowest BCUT2D eigenvalue weighted by Gasteiger charge is -2.11. The Balaban J connectivity index is 2.01. The van der Waals surface area contributed by atoms with Crippen LogP contribution in [0.1, 0.15) is 18.5 Å². The van der Waals surface area contributed by atoms with Gasteiger partial charge in [-0.3, -0.25) is 4.57 Å². The van der Waals surface area contributed by atoms with Gasteiger partial charge in [-0.2, -0.15) is 0 Å². The Morgan fingerprint density at radius 1 is 1.10 bits per heavy atom. The number of nitrogens with zero attached hydrogens (tertiary/aromatic N) is 1. The fourth-order valence-corrected chi connectivity index (χ4v) is 2.48. The van der Waals surface area contributed by atoms with E-state index in [1.165, 1.54) is 0 Å². The van der Waals surface area contributed by atoms with Crippen molar-refractivity contribution >= 4 is 11.6 Å². The first-order valence-electron chi connectivity index (χ1n) is 6.68. The molecule has 1 aromatic heterocycles. The number of rotatable bonds is 3. The van der Waals surface area contributed by atoms with Crippen LogP contribution in [-0.4, -0.2) is 4.57 Å². The Morgan fingerprint density at radius 3 is 2.57 bits per heavy atom. The summed E-state index contributed by atoms with van der Waals surface area (Å²) in [6, 6.07) is 17.0. The lowest BCUT2D eigenvalue weighted by Crippen LogP contribution is -2.18. The van der Waals surface area contributed by atoms with E-state index in [9.17, 15) is 4.79 Å². The van der Waals surface area contributed by atoms with Gasteiger partial charge in [-0.1, -0.05) is 54.1 Å². The van der Waals surface area contributed by atoms with E-state index in [2.05, 4.69) is 0 Å². The standard InChI is InChI=1S/C17H14ClNO2/c1-12(13-6-3-2-4-7-13)19-11-16(21-17(19)20)14-8-5-9-15(18)10-14/h2-12H,1H3. The normalized spacial score (nSPS) is 12.3. The highest BCUT2D eigenvalue weighted by molar-refractivity contribution is 6.30. The quantitative estimate of drug-likeness (QED) is 0.720. The molecule has 3 rings (SSSR count). The number of hydrogen-bond donors (Lipinski definition) is 0. The summed E-state index contributed by atoms with van der Waals surface area (Å²) < 4.78 is 6.94. The molecular weight excluding hydrogens is 286 g/mol. The molecule has 2 aromatic carbocycles. The Hall–Kier alpha value is -2.26. The van der Waals surface area contributed by atoms with Gasteiger partial charge in [0, 0.05) is 10.6 Å². The fourth-order valence-electron chi connectivity index (χ4n) is 2.29. The summed E-state index contributed by atoms with van der Waals surface area (Å²) in [7, 11) is 0. The molecule has 4 heteroatoms. The molecule has 106 valence electrons. The fraction of sp³-hybridized carbons (Fsp3) is 0.118. The molecule has 1 atom stereocenters. The third-order valence-electron chi connectivity index (χ3n) is 3.47. The van der Waals surface area contributed by atoms with Crippen molar-refractivity contribution in [1.82, 2.24) is 4.57 Å². The maximum Gasteiger partial charge on any atom is 0.420 e. The van der Waals surface area contributed by atoms with Gasteiger partial charge in [0.05, 0.1) is 12.2 Å². The minimum atomic E-state index is -0.374. The largest absolute Gasteiger partial charge is 0.420 e.